The van der Waals surface area contributed by atoms with Crippen molar-refractivity contribution in [2.24, 2.45) is 5.92 Å². The summed E-state index contributed by atoms with van der Waals surface area (Å²) in [5.41, 5.74) is 0. The van der Waals surface area contributed by atoms with Crippen LogP contribution in [0.15, 0.2) is 21.6 Å². The van der Waals surface area contributed by atoms with Crippen molar-refractivity contribution in [2.75, 3.05) is 13.6 Å². The SMILES string of the molecule is CNCc1ccc(S(=O)(=O)NCCC2CC2)o1. The molecule has 1 aromatic heterocycles. The van der Waals surface area contributed by atoms with Crippen LogP contribution < -0.4 is 10.0 Å². The monoisotopic (exact) mass is 258 g/mol. The van der Waals surface area contributed by atoms with Gasteiger partial charge in [-0.2, -0.15) is 0 Å². The van der Waals surface area contributed by atoms with Gasteiger partial charge in [0, 0.05) is 6.54 Å². The second kappa shape index (κ2) is 5.20. The molecular weight excluding hydrogens is 240 g/mol. The highest BCUT2D eigenvalue weighted by Gasteiger charge is 2.23. The molecule has 96 valence electrons. The van der Waals surface area contributed by atoms with E-state index in [0.29, 0.717) is 24.8 Å². The van der Waals surface area contributed by atoms with E-state index in [4.69, 9.17) is 4.42 Å². The molecule has 1 fully saturated rings. The predicted octanol–water partition coefficient (Wildman–Crippen LogP) is 1.08. The molecule has 0 spiro atoms. The highest BCUT2D eigenvalue weighted by Crippen LogP contribution is 2.31. The van der Waals surface area contributed by atoms with E-state index < -0.39 is 10.0 Å². The molecule has 0 unspecified atom stereocenters. The van der Waals surface area contributed by atoms with Gasteiger partial charge in [0.15, 0.2) is 0 Å². The fourth-order valence-corrected chi connectivity index (χ4v) is 2.64. The van der Waals surface area contributed by atoms with Gasteiger partial charge in [0.05, 0.1) is 6.54 Å². The number of sulfonamides is 1. The number of rotatable bonds is 7. The van der Waals surface area contributed by atoms with Crippen LogP contribution in [-0.2, 0) is 16.6 Å². The van der Waals surface area contributed by atoms with Gasteiger partial charge in [0.25, 0.3) is 10.0 Å². The molecule has 0 amide bonds. The van der Waals surface area contributed by atoms with Crippen molar-refractivity contribution in [1.82, 2.24) is 10.0 Å². The summed E-state index contributed by atoms with van der Waals surface area (Å²) in [6, 6.07) is 3.16. The van der Waals surface area contributed by atoms with Crippen molar-refractivity contribution in [3.05, 3.63) is 17.9 Å². The summed E-state index contributed by atoms with van der Waals surface area (Å²) in [6.45, 7) is 1.02. The molecule has 1 aromatic rings. The van der Waals surface area contributed by atoms with Crippen molar-refractivity contribution in [3.63, 3.8) is 0 Å². The molecule has 0 atom stereocenters. The molecule has 0 radical (unpaired) electrons. The quantitative estimate of drug-likeness (QED) is 0.767. The first-order chi connectivity index (χ1) is 8.12. The van der Waals surface area contributed by atoms with Crippen LogP contribution in [0.25, 0.3) is 0 Å². The molecule has 17 heavy (non-hydrogen) atoms. The second-order valence-electron chi connectivity index (χ2n) is 4.38. The summed E-state index contributed by atoms with van der Waals surface area (Å²) in [5, 5.41) is 2.90. The topological polar surface area (TPSA) is 71.3 Å². The van der Waals surface area contributed by atoms with Gasteiger partial charge in [-0.15, -0.1) is 0 Å². The molecule has 6 heteroatoms. The number of nitrogens with one attached hydrogen (secondary N) is 2. The maximum absolute atomic E-state index is 11.8. The van der Waals surface area contributed by atoms with E-state index in [-0.39, 0.29) is 5.09 Å². The maximum atomic E-state index is 11.8. The van der Waals surface area contributed by atoms with Crippen LogP contribution in [0.4, 0.5) is 0 Å². The first-order valence-corrected chi connectivity index (χ1v) is 7.33. The van der Waals surface area contributed by atoms with Crippen LogP contribution in [0.3, 0.4) is 0 Å². The molecule has 5 nitrogen and oxygen atoms in total. The summed E-state index contributed by atoms with van der Waals surface area (Å²) in [6.07, 6.45) is 3.38. The molecule has 1 heterocycles. The first-order valence-electron chi connectivity index (χ1n) is 5.85. The van der Waals surface area contributed by atoms with Gasteiger partial charge in [0.1, 0.15) is 5.76 Å². The molecule has 0 aromatic carbocycles. The molecule has 0 aliphatic heterocycles. The van der Waals surface area contributed by atoms with E-state index in [0.717, 1.165) is 6.42 Å². The minimum atomic E-state index is -3.47. The van der Waals surface area contributed by atoms with Crippen LogP contribution in [0, 0.1) is 5.92 Å². The average Bonchev–Trinajstić information content (AvgIpc) is 2.96. The Bertz CT molecular complexity index is 463. The number of furan rings is 1. The Labute approximate surface area is 102 Å². The molecule has 1 aliphatic carbocycles. The van der Waals surface area contributed by atoms with Crippen molar-refractivity contribution < 1.29 is 12.8 Å². The van der Waals surface area contributed by atoms with Gasteiger partial charge in [0.2, 0.25) is 5.09 Å². The van der Waals surface area contributed by atoms with Crippen LogP contribution in [0.2, 0.25) is 0 Å². The van der Waals surface area contributed by atoms with Gasteiger partial charge in [-0.3, -0.25) is 0 Å². The van der Waals surface area contributed by atoms with Crippen molar-refractivity contribution in [1.29, 1.82) is 0 Å². The molecule has 1 aliphatic rings. The van der Waals surface area contributed by atoms with Crippen LogP contribution in [-0.4, -0.2) is 22.0 Å². The van der Waals surface area contributed by atoms with E-state index in [1.807, 2.05) is 0 Å². The van der Waals surface area contributed by atoms with E-state index >= 15 is 0 Å². The molecule has 2 rings (SSSR count). The largest absolute Gasteiger partial charge is 0.447 e. The fourth-order valence-electron chi connectivity index (χ4n) is 1.65. The normalized spacial score (nSPS) is 16.3. The van der Waals surface area contributed by atoms with Crippen molar-refractivity contribution in [3.8, 4) is 0 Å². The third kappa shape index (κ3) is 3.55. The summed E-state index contributed by atoms with van der Waals surface area (Å²) < 4.78 is 31.5. The molecule has 2 N–H and O–H groups in total. The minimum absolute atomic E-state index is 0.00135. The van der Waals surface area contributed by atoms with Gasteiger partial charge in [-0.1, -0.05) is 12.8 Å². The Kier molecular flexibility index (Phi) is 3.86. The smallest absolute Gasteiger partial charge is 0.273 e. The van der Waals surface area contributed by atoms with Gasteiger partial charge >= 0.3 is 0 Å². The number of hydrogen-bond acceptors (Lipinski definition) is 4. The van der Waals surface area contributed by atoms with Crippen LogP contribution in [0.5, 0.6) is 0 Å². The summed E-state index contributed by atoms with van der Waals surface area (Å²) in [4.78, 5) is 0. The molecular formula is C11H18N2O3S. The molecule has 1 saturated carbocycles. The Hall–Kier alpha value is -0.850. The predicted molar refractivity (Wildman–Crippen MR) is 64.0 cm³/mol. The minimum Gasteiger partial charge on any atom is -0.447 e. The zero-order valence-electron chi connectivity index (χ0n) is 9.90. The standard InChI is InChI=1S/C11H18N2O3S/c1-12-8-10-4-5-11(16-10)17(14,15)13-7-6-9-2-3-9/h4-5,9,12-13H,2-3,6-8H2,1H3. The highest BCUT2D eigenvalue weighted by molar-refractivity contribution is 7.89. The zero-order valence-corrected chi connectivity index (χ0v) is 10.7. The maximum Gasteiger partial charge on any atom is 0.273 e. The Morgan fingerprint density at radius 2 is 2.18 bits per heavy atom. The summed E-state index contributed by atoms with van der Waals surface area (Å²) in [5.74, 6) is 1.34. The van der Waals surface area contributed by atoms with E-state index in [9.17, 15) is 8.42 Å². The lowest BCUT2D eigenvalue weighted by Gasteiger charge is -2.03. The first kappa shape index (κ1) is 12.6. The zero-order chi connectivity index (χ0) is 12.3. The van der Waals surface area contributed by atoms with E-state index in [2.05, 4.69) is 10.0 Å². The Morgan fingerprint density at radius 3 is 2.82 bits per heavy atom. The van der Waals surface area contributed by atoms with Crippen LogP contribution in [0.1, 0.15) is 25.0 Å². The van der Waals surface area contributed by atoms with E-state index in [1.165, 1.54) is 18.9 Å². The lowest BCUT2D eigenvalue weighted by Crippen LogP contribution is -2.24. The average molecular weight is 258 g/mol. The third-order valence-corrected chi connectivity index (χ3v) is 4.13. The van der Waals surface area contributed by atoms with Crippen LogP contribution >= 0.6 is 0 Å². The summed E-state index contributed by atoms with van der Waals surface area (Å²) >= 11 is 0. The third-order valence-electron chi connectivity index (χ3n) is 2.79. The lowest BCUT2D eigenvalue weighted by molar-refractivity contribution is 0.404. The van der Waals surface area contributed by atoms with Gasteiger partial charge in [-0.25, -0.2) is 13.1 Å². The lowest BCUT2D eigenvalue weighted by atomic mass is 10.3. The van der Waals surface area contributed by atoms with E-state index in [1.54, 1.807) is 13.1 Å². The number of hydrogen-bond donors (Lipinski definition) is 2. The van der Waals surface area contributed by atoms with Gasteiger partial charge < -0.3 is 9.73 Å². The Balaban J connectivity index is 1.92. The van der Waals surface area contributed by atoms with Crippen molar-refractivity contribution in [2.45, 2.75) is 30.9 Å². The van der Waals surface area contributed by atoms with Crippen molar-refractivity contribution >= 4 is 10.0 Å². The molecule has 0 saturated heterocycles. The highest BCUT2D eigenvalue weighted by atomic mass is 32.2. The van der Waals surface area contributed by atoms with Gasteiger partial charge in [-0.05, 0) is 31.5 Å². The Morgan fingerprint density at radius 1 is 1.41 bits per heavy atom. The summed E-state index contributed by atoms with van der Waals surface area (Å²) in [7, 11) is -1.69. The fraction of sp³-hybridized carbons (Fsp3) is 0.636. The molecule has 0 bridgehead atoms. The second-order valence-corrected chi connectivity index (χ2v) is 6.08.